The molecule has 0 saturated carbocycles. The number of nitrogens with two attached hydrogens (primary N) is 1. The summed E-state index contributed by atoms with van der Waals surface area (Å²) in [5, 5.41) is 5.07. The molecule has 1 aromatic heterocycles. The number of furan rings is 1. The predicted molar refractivity (Wildman–Crippen MR) is 70.9 cm³/mol. The smallest absolute Gasteiger partial charge is 0.238 e. The molecule has 17 heavy (non-hydrogen) atoms. The van der Waals surface area contributed by atoms with E-state index in [1.54, 1.807) is 18.4 Å². The van der Waals surface area contributed by atoms with Gasteiger partial charge in [0.05, 0.1) is 11.2 Å². The zero-order chi connectivity index (χ0) is 12.6. The molecule has 1 heterocycles. The van der Waals surface area contributed by atoms with Gasteiger partial charge in [0.25, 0.3) is 0 Å². The number of sulfonamides is 1. The van der Waals surface area contributed by atoms with Crippen molar-refractivity contribution in [1.82, 2.24) is 0 Å². The summed E-state index contributed by atoms with van der Waals surface area (Å²) in [4.78, 5) is 0.0338. The minimum absolute atomic E-state index is 0.0338. The van der Waals surface area contributed by atoms with E-state index in [1.807, 2.05) is 0 Å². The highest BCUT2D eigenvalue weighted by molar-refractivity contribution is 9.11. The summed E-state index contributed by atoms with van der Waals surface area (Å²) >= 11 is 6.60. The van der Waals surface area contributed by atoms with Gasteiger partial charge in [-0.15, -0.1) is 0 Å². The first-order chi connectivity index (χ1) is 7.89. The van der Waals surface area contributed by atoms with Gasteiger partial charge in [-0.25, -0.2) is 13.6 Å². The molecule has 0 aliphatic heterocycles. The largest absolute Gasteiger partial charge is 0.464 e. The van der Waals surface area contributed by atoms with Crippen LogP contribution >= 0.6 is 31.9 Å². The molecule has 0 aliphatic rings. The Bertz CT molecular complexity index is 627. The molecule has 0 amide bonds. The van der Waals surface area contributed by atoms with Crippen molar-refractivity contribution in [2.75, 3.05) is 0 Å². The third-order valence-electron chi connectivity index (χ3n) is 2.11. The van der Waals surface area contributed by atoms with E-state index in [0.717, 1.165) is 5.56 Å². The second-order valence-corrected chi connectivity index (χ2v) is 6.55. The van der Waals surface area contributed by atoms with Crippen molar-refractivity contribution in [3.05, 3.63) is 39.5 Å². The maximum atomic E-state index is 11.2. The monoisotopic (exact) mass is 379 g/mol. The number of hydrogen-bond acceptors (Lipinski definition) is 3. The predicted octanol–water partition coefficient (Wildman–Crippen LogP) is 3.12. The summed E-state index contributed by atoms with van der Waals surface area (Å²) < 4.78 is 28.9. The molecule has 0 bridgehead atoms. The molecule has 90 valence electrons. The maximum absolute atomic E-state index is 11.2. The van der Waals surface area contributed by atoms with Gasteiger partial charge in [-0.1, -0.05) is 0 Å². The summed E-state index contributed by atoms with van der Waals surface area (Å²) in [6.07, 6.45) is 1.54. The lowest BCUT2D eigenvalue weighted by Gasteiger charge is -2.07. The van der Waals surface area contributed by atoms with Gasteiger partial charge in [0.15, 0.2) is 0 Å². The van der Waals surface area contributed by atoms with E-state index >= 15 is 0 Å². The third kappa shape index (κ3) is 2.62. The molecule has 2 N–H and O–H groups in total. The summed E-state index contributed by atoms with van der Waals surface area (Å²) in [6, 6.07) is 6.42. The summed E-state index contributed by atoms with van der Waals surface area (Å²) in [5.74, 6) is 0.629. The highest BCUT2D eigenvalue weighted by atomic mass is 79.9. The molecule has 0 unspecified atom stereocenters. The fraction of sp³-hybridized carbons (Fsp3) is 0. The maximum Gasteiger partial charge on any atom is 0.238 e. The fourth-order valence-corrected chi connectivity index (χ4v) is 3.81. The van der Waals surface area contributed by atoms with Crippen LogP contribution in [0.4, 0.5) is 0 Å². The summed E-state index contributed by atoms with van der Waals surface area (Å²) in [5.41, 5.74) is 0.738. The number of primary sulfonamides is 1. The van der Waals surface area contributed by atoms with Gasteiger partial charge < -0.3 is 4.42 Å². The molecular formula is C10H7Br2NO3S. The van der Waals surface area contributed by atoms with Crippen molar-refractivity contribution in [1.29, 1.82) is 0 Å². The van der Waals surface area contributed by atoms with Crippen LogP contribution in [0, 0.1) is 0 Å². The van der Waals surface area contributed by atoms with Gasteiger partial charge >= 0.3 is 0 Å². The van der Waals surface area contributed by atoms with Gasteiger partial charge in [0.2, 0.25) is 10.0 Å². The van der Waals surface area contributed by atoms with Crippen molar-refractivity contribution in [2.45, 2.75) is 4.90 Å². The molecule has 0 aliphatic carbocycles. The molecule has 4 nitrogen and oxygen atoms in total. The standard InChI is InChI=1S/C10H7Br2NO3S/c11-7-4-6(17(13,14)15)5-8(12)10(7)9-2-1-3-16-9/h1-5H,(H2,13,14,15). The Balaban J connectivity index is 2.67. The quantitative estimate of drug-likeness (QED) is 0.869. The van der Waals surface area contributed by atoms with Crippen LogP contribution in [0.25, 0.3) is 11.3 Å². The Kier molecular flexibility index (Phi) is 3.44. The Morgan fingerprint density at radius 3 is 2.18 bits per heavy atom. The normalized spacial score (nSPS) is 11.7. The van der Waals surface area contributed by atoms with E-state index in [0.29, 0.717) is 14.7 Å². The van der Waals surface area contributed by atoms with Crippen LogP contribution in [0.3, 0.4) is 0 Å². The first kappa shape index (κ1) is 12.8. The lowest BCUT2D eigenvalue weighted by atomic mass is 10.2. The molecule has 0 spiro atoms. The zero-order valence-corrected chi connectivity index (χ0v) is 12.3. The van der Waals surface area contributed by atoms with Crippen molar-refractivity contribution < 1.29 is 12.8 Å². The molecule has 0 fully saturated rings. The molecular weight excluding hydrogens is 374 g/mol. The number of halogens is 2. The van der Waals surface area contributed by atoms with Gasteiger partial charge in [0, 0.05) is 14.5 Å². The van der Waals surface area contributed by atoms with Crippen LogP contribution < -0.4 is 5.14 Å². The Morgan fingerprint density at radius 2 is 1.76 bits per heavy atom. The van der Waals surface area contributed by atoms with Crippen molar-refractivity contribution >= 4 is 41.9 Å². The summed E-state index contributed by atoms with van der Waals surface area (Å²) in [6.45, 7) is 0. The second-order valence-electron chi connectivity index (χ2n) is 3.28. The molecule has 0 atom stereocenters. The molecule has 0 radical (unpaired) electrons. The van der Waals surface area contributed by atoms with Crippen LogP contribution in [-0.4, -0.2) is 8.42 Å². The van der Waals surface area contributed by atoms with Gasteiger partial charge in [0.1, 0.15) is 5.76 Å². The van der Waals surface area contributed by atoms with Gasteiger partial charge in [-0.2, -0.15) is 0 Å². The SMILES string of the molecule is NS(=O)(=O)c1cc(Br)c(-c2ccco2)c(Br)c1. The highest BCUT2D eigenvalue weighted by Crippen LogP contribution is 2.37. The first-order valence-corrected chi connectivity index (χ1v) is 7.58. The Morgan fingerprint density at radius 1 is 1.18 bits per heavy atom. The van der Waals surface area contributed by atoms with E-state index in [9.17, 15) is 8.42 Å². The molecule has 0 saturated heterocycles. The van der Waals surface area contributed by atoms with E-state index in [4.69, 9.17) is 9.56 Å². The fourth-order valence-electron chi connectivity index (χ4n) is 1.37. The van der Waals surface area contributed by atoms with Crippen molar-refractivity contribution in [3.8, 4) is 11.3 Å². The van der Waals surface area contributed by atoms with E-state index in [-0.39, 0.29) is 4.90 Å². The van der Waals surface area contributed by atoms with Crippen LogP contribution in [0.5, 0.6) is 0 Å². The lowest BCUT2D eigenvalue weighted by Crippen LogP contribution is -2.12. The highest BCUT2D eigenvalue weighted by Gasteiger charge is 2.16. The number of rotatable bonds is 2. The summed E-state index contributed by atoms with van der Waals surface area (Å²) in [7, 11) is -3.72. The molecule has 7 heteroatoms. The first-order valence-electron chi connectivity index (χ1n) is 4.45. The number of hydrogen-bond donors (Lipinski definition) is 1. The van der Waals surface area contributed by atoms with Crippen LogP contribution in [0.15, 0.2) is 48.8 Å². The minimum atomic E-state index is -3.72. The average molecular weight is 381 g/mol. The molecule has 2 aromatic rings. The van der Waals surface area contributed by atoms with E-state index in [2.05, 4.69) is 31.9 Å². The van der Waals surface area contributed by atoms with Crippen LogP contribution in [-0.2, 0) is 10.0 Å². The Labute approximate surface area is 115 Å². The number of benzene rings is 1. The molecule has 1 aromatic carbocycles. The Hall–Kier alpha value is -0.630. The zero-order valence-electron chi connectivity index (χ0n) is 8.35. The van der Waals surface area contributed by atoms with Gasteiger partial charge in [-0.05, 0) is 56.1 Å². The van der Waals surface area contributed by atoms with Crippen LogP contribution in [0.2, 0.25) is 0 Å². The van der Waals surface area contributed by atoms with E-state index < -0.39 is 10.0 Å². The lowest BCUT2D eigenvalue weighted by molar-refractivity contribution is 0.581. The van der Waals surface area contributed by atoms with Gasteiger partial charge in [-0.3, -0.25) is 0 Å². The minimum Gasteiger partial charge on any atom is -0.464 e. The topological polar surface area (TPSA) is 73.3 Å². The van der Waals surface area contributed by atoms with Crippen LogP contribution in [0.1, 0.15) is 0 Å². The molecule has 2 rings (SSSR count). The third-order valence-corrected chi connectivity index (χ3v) is 4.26. The second kappa shape index (κ2) is 4.56. The average Bonchev–Trinajstić information content (AvgIpc) is 2.68. The van der Waals surface area contributed by atoms with Crippen molar-refractivity contribution in [2.24, 2.45) is 5.14 Å². The van der Waals surface area contributed by atoms with E-state index in [1.165, 1.54) is 12.1 Å². The van der Waals surface area contributed by atoms with Crippen molar-refractivity contribution in [3.63, 3.8) is 0 Å².